The predicted molar refractivity (Wildman–Crippen MR) is 81.7 cm³/mol. The fourth-order valence-corrected chi connectivity index (χ4v) is 3.47. The van der Waals surface area contributed by atoms with Gasteiger partial charge in [0.1, 0.15) is 6.34 Å². The molecule has 0 saturated carbocycles. The van der Waals surface area contributed by atoms with E-state index in [0.717, 1.165) is 10.6 Å². The number of benzene rings is 2. The average molecular weight is 305 g/mol. The van der Waals surface area contributed by atoms with Gasteiger partial charge in [-0.2, -0.15) is 0 Å². The summed E-state index contributed by atoms with van der Waals surface area (Å²) < 4.78 is 31.0. The summed E-state index contributed by atoms with van der Waals surface area (Å²) >= 11 is 1.30. The van der Waals surface area contributed by atoms with Gasteiger partial charge >= 0.3 is 0 Å². The minimum Gasteiger partial charge on any atom is -0.345 e. The van der Waals surface area contributed by atoms with Crippen LogP contribution in [0.25, 0.3) is 0 Å². The van der Waals surface area contributed by atoms with Gasteiger partial charge in [-0.15, -0.1) is 0 Å². The first kappa shape index (κ1) is 13.0. The molecule has 0 atom stereocenters. The van der Waals surface area contributed by atoms with E-state index < -0.39 is 10.0 Å². The molecule has 1 heterocycles. The summed E-state index contributed by atoms with van der Waals surface area (Å²) in [4.78, 5) is 1.11. The highest BCUT2D eigenvalue weighted by molar-refractivity contribution is 7.98. The summed E-state index contributed by atoms with van der Waals surface area (Å²) in [6.07, 6.45) is 1.60. The number of hydrogen-bond donors (Lipinski definition) is 2. The van der Waals surface area contributed by atoms with Gasteiger partial charge in [-0.3, -0.25) is 4.72 Å². The van der Waals surface area contributed by atoms with E-state index >= 15 is 0 Å². The molecule has 0 aliphatic carbocycles. The fraction of sp³-hybridized carbons (Fsp3) is 0. The number of anilines is 2. The largest absolute Gasteiger partial charge is 0.345 e. The summed E-state index contributed by atoms with van der Waals surface area (Å²) in [5, 5.41) is 2.99. The molecule has 0 unspecified atom stereocenters. The van der Waals surface area contributed by atoms with Crippen LogP contribution in [0.3, 0.4) is 0 Å². The molecule has 0 fully saturated rings. The second kappa shape index (κ2) is 5.18. The lowest BCUT2D eigenvalue weighted by molar-refractivity contribution is 0.601. The molecule has 0 bridgehead atoms. The minimum absolute atomic E-state index is 0.238. The van der Waals surface area contributed by atoms with E-state index in [2.05, 4.69) is 14.4 Å². The van der Waals surface area contributed by atoms with Crippen LogP contribution in [-0.2, 0) is 10.0 Å². The van der Waals surface area contributed by atoms with Crippen molar-refractivity contribution in [2.45, 2.75) is 9.79 Å². The Morgan fingerprint density at radius 3 is 2.70 bits per heavy atom. The van der Waals surface area contributed by atoms with Crippen molar-refractivity contribution in [2.24, 2.45) is 4.40 Å². The van der Waals surface area contributed by atoms with Crippen LogP contribution in [0.5, 0.6) is 0 Å². The fourth-order valence-electron chi connectivity index (χ4n) is 1.77. The van der Waals surface area contributed by atoms with Gasteiger partial charge in [-0.25, -0.2) is 12.8 Å². The van der Waals surface area contributed by atoms with Gasteiger partial charge in [0, 0.05) is 11.9 Å². The van der Waals surface area contributed by atoms with Crippen molar-refractivity contribution >= 4 is 39.7 Å². The Balaban J connectivity index is 1.89. The smallest absolute Gasteiger partial charge is 0.261 e. The van der Waals surface area contributed by atoms with E-state index in [1.807, 2.05) is 6.07 Å². The molecule has 2 aromatic rings. The Morgan fingerprint density at radius 1 is 1.10 bits per heavy atom. The van der Waals surface area contributed by atoms with E-state index in [1.165, 1.54) is 11.9 Å². The van der Waals surface area contributed by atoms with Crippen molar-refractivity contribution in [1.82, 2.24) is 0 Å². The van der Waals surface area contributed by atoms with Crippen molar-refractivity contribution in [3.63, 3.8) is 0 Å². The van der Waals surface area contributed by atoms with E-state index in [9.17, 15) is 8.42 Å². The molecule has 1 aliphatic rings. The molecule has 0 radical (unpaired) electrons. The zero-order valence-corrected chi connectivity index (χ0v) is 11.9. The molecule has 1 aliphatic heterocycles. The van der Waals surface area contributed by atoms with Gasteiger partial charge in [0.05, 0.1) is 21.2 Å². The summed E-state index contributed by atoms with van der Waals surface area (Å²) in [6, 6.07) is 13.6. The molecule has 0 aromatic heterocycles. The summed E-state index contributed by atoms with van der Waals surface area (Å²) in [7, 11) is -3.56. The third-order valence-corrected chi connectivity index (χ3v) is 4.85. The monoisotopic (exact) mass is 305 g/mol. The van der Waals surface area contributed by atoms with Gasteiger partial charge in [-0.1, -0.05) is 18.2 Å². The molecule has 20 heavy (non-hydrogen) atoms. The van der Waals surface area contributed by atoms with Gasteiger partial charge in [0.15, 0.2) is 0 Å². The Hall–Kier alpha value is -1.99. The molecular weight excluding hydrogens is 294 g/mol. The first-order valence-electron chi connectivity index (χ1n) is 5.82. The normalized spacial score (nSPS) is 13.4. The highest BCUT2D eigenvalue weighted by atomic mass is 32.2. The van der Waals surface area contributed by atoms with Crippen LogP contribution in [0.1, 0.15) is 0 Å². The van der Waals surface area contributed by atoms with Crippen molar-refractivity contribution in [2.75, 3.05) is 10.0 Å². The zero-order valence-electron chi connectivity index (χ0n) is 10.3. The van der Waals surface area contributed by atoms with Crippen LogP contribution in [0.2, 0.25) is 0 Å². The number of hydrogen-bond acceptors (Lipinski definition) is 5. The van der Waals surface area contributed by atoms with Crippen molar-refractivity contribution in [1.29, 1.82) is 0 Å². The Morgan fingerprint density at radius 2 is 1.90 bits per heavy atom. The molecule has 3 rings (SSSR count). The second-order valence-electron chi connectivity index (χ2n) is 4.10. The SMILES string of the molecule is O=S(=O)(Nc1ccc2c(c1)SN=CN2)c1ccccc1. The lowest BCUT2D eigenvalue weighted by Gasteiger charge is -2.13. The molecule has 102 valence electrons. The Bertz CT molecular complexity index is 758. The van der Waals surface area contributed by atoms with Gasteiger partial charge in [0.2, 0.25) is 0 Å². The van der Waals surface area contributed by atoms with Crippen molar-refractivity contribution < 1.29 is 8.42 Å². The lowest BCUT2D eigenvalue weighted by Crippen LogP contribution is -2.13. The summed E-state index contributed by atoms with van der Waals surface area (Å²) in [5.74, 6) is 0. The topological polar surface area (TPSA) is 70.6 Å². The summed E-state index contributed by atoms with van der Waals surface area (Å²) in [6.45, 7) is 0. The maximum atomic E-state index is 12.2. The standard InChI is InChI=1S/C13H11N3O2S2/c17-20(18,11-4-2-1-3-5-11)16-10-6-7-12-13(8-10)19-15-9-14-12/h1-9,16H,(H,14,15). The van der Waals surface area contributed by atoms with Crippen LogP contribution in [0.15, 0.2) is 62.7 Å². The van der Waals surface area contributed by atoms with Crippen LogP contribution in [0, 0.1) is 0 Å². The number of rotatable bonds is 3. The molecular formula is C13H11N3O2S2. The van der Waals surface area contributed by atoms with Crippen molar-refractivity contribution in [3.8, 4) is 0 Å². The highest BCUT2D eigenvalue weighted by Crippen LogP contribution is 2.33. The molecule has 0 saturated heterocycles. The van der Waals surface area contributed by atoms with E-state index in [4.69, 9.17) is 0 Å². The first-order chi connectivity index (χ1) is 9.65. The third-order valence-electron chi connectivity index (χ3n) is 2.71. The summed E-state index contributed by atoms with van der Waals surface area (Å²) in [5.41, 5.74) is 1.42. The molecule has 5 nitrogen and oxygen atoms in total. The third kappa shape index (κ3) is 2.63. The molecule has 0 amide bonds. The molecule has 2 aromatic carbocycles. The first-order valence-corrected chi connectivity index (χ1v) is 8.08. The van der Waals surface area contributed by atoms with E-state index in [-0.39, 0.29) is 4.90 Å². The van der Waals surface area contributed by atoms with Crippen LogP contribution < -0.4 is 10.0 Å². The molecule has 7 heteroatoms. The number of fused-ring (bicyclic) bond motifs is 1. The Labute approximate surface area is 121 Å². The molecule has 0 spiro atoms. The lowest BCUT2D eigenvalue weighted by atomic mass is 10.3. The van der Waals surface area contributed by atoms with Crippen molar-refractivity contribution in [3.05, 3.63) is 48.5 Å². The van der Waals surface area contributed by atoms with E-state index in [1.54, 1.807) is 48.8 Å². The maximum Gasteiger partial charge on any atom is 0.261 e. The quantitative estimate of drug-likeness (QED) is 0.855. The van der Waals surface area contributed by atoms with Crippen LogP contribution >= 0.6 is 11.9 Å². The minimum atomic E-state index is -3.56. The number of nitrogens with zero attached hydrogens (tertiary/aromatic N) is 1. The van der Waals surface area contributed by atoms with E-state index in [0.29, 0.717) is 5.69 Å². The van der Waals surface area contributed by atoms with Crippen LogP contribution in [0.4, 0.5) is 11.4 Å². The number of nitrogens with one attached hydrogen (secondary N) is 2. The average Bonchev–Trinajstić information content (AvgIpc) is 2.48. The van der Waals surface area contributed by atoms with Gasteiger partial charge in [-0.05, 0) is 30.3 Å². The maximum absolute atomic E-state index is 12.2. The molecule has 2 N–H and O–H groups in total. The second-order valence-corrected chi connectivity index (χ2v) is 6.62. The predicted octanol–water partition coefficient (Wildman–Crippen LogP) is 2.95. The van der Waals surface area contributed by atoms with Gasteiger partial charge < -0.3 is 5.32 Å². The highest BCUT2D eigenvalue weighted by Gasteiger charge is 2.15. The Kier molecular flexibility index (Phi) is 3.37. The van der Waals surface area contributed by atoms with Crippen LogP contribution in [-0.4, -0.2) is 14.8 Å². The zero-order chi connectivity index (χ0) is 14.0. The number of sulfonamides is 1. The van der Waals surface area contributed by atoms with Gasteiger partial charge in [0.25, 0.3) is 10.0 Å².